The van der Waals surface area contributed by atoms with E-state index in [0.717, 1.165) is 12.8 Å². The fourth-order valence-corrected chi connectivity index (χ4v) is 3.21. The van der Waals surface area contributed by atoms with E-state index in [2.05, 4.69) is 26.1 Å². The zero-order valence-corrected chi connectivity index (χ0v) is 13.4. The molecule has 0 aromatic rings. The number of ether oxygens (including phenoxy) is 1. The molecule has 0 bridgehead atoms. The van der Waals surface area contributed by atoms with Crippen LogP contribution in [-0.2, 0) is 14.3 Å². The fraction of sp³-hybridized carbons (Fsp3) is 0.867. The Morgan fingerprint density at radius 3 is 2.57 bits per heavy atom. The third kappa shape index (κ3) is 4.02. The first kappa shape index (κ1) is 18.1. The van der Waals surface area contributed by atoms with Gasteiger partial charge in [-0.15, -0.1) is 0 Å². The Balaban J connectivity index is 3.01. The molecule has 6 nitrogen and oxygen atoms in total. The van der Waals surface area contributed by atoms with Crippen LogP contribution in [0.15, 0.2) is 0 Å². The van der Waals surface area contributed by atoms with Crippen LogP contribution >= 0.6 is 0 Å². The smallest absolute Gasteiger partial charge is 0.305 e. The highest BCUT2D eigenvalue weighted by atomic mass is 16.5. The minimum absolute atomic E-state index is 0.124. The Morgan fingerprint density at radius 1 is 1.57 bits per heavy atom. The Morgan fingerprint density at radius 2 is 2.19 bits per heavy atom. The zero-order chi connectivity index (χ0) is 16.3. The number of carbonyl (C=O) groups is 2. The maximum atomic E-state index is 11.2. The maximum absolute atomic E-state index is 11.2. The molecule has 122 valence electrons. The predicted molar refractivity (Wildman–Crippen MR) is 79.8 cm³/mol. The van der Waals surface area contributed by atoms with Crippen molar-refractivity contribution in [3.8, 4) is 0 Å². The lowest BCUT2D eigenvalue weighted by Crippen LogP contribution is -2.62. The van der Waals surface area contributed by atoms with Crippen LogP contribution in [0.1, 0.15) is 47.0 Å². The number of nitrogens with one attached hydrogen (secondary N) is 1. The summed E-state index contributed by atoms with van der Waals surface area (Å²) >= 11 is 0. The van der Waals surface area contributed by atoms with Crippen molar-refractivity contribution in [2.24, 2.45) is 17.1 Å². The van der Waals surface area contributed by atoms with Crippen molar-refractivity contribution in [3.05, 3.63) is 0 Å². The summed E-state index contributed by atoms with van der Waals surface area (Å²) in [7, 11) is 0. The van der Waals surface area contributed by atoms with Gasteiger partial charge in [-0.25, -0.2) is 0 Å². The van der Waals surface area contributed by atoms with Gasteiger partial charge in [-0.2, -0.15) is 0 Å². The van der Waals surface area contributed by atoms with Crippen LogP contribution in [0.4, 0.5) is 0 Å². The molecule has 21 heavy (non-hydrogen) atoms. The maximum Gasteiger partial charge on any atom is 0.305 e. The molecule has 1 rings (SSSR count). The molecule has 1 fully saturated rings. The summed E-state index contributed by atoms with van der Waals surface area (Å²) in [6.07, 6.45) is 2.29. The summed E-state index contributed by atoms with van der Waals surface area (Å²) in [4.78, 5) is 22.1. The molecule has 0 aromatic heterocycles. The van der Waals surface area contributed by atoms with Crippen LogP contribution in [0, 0.1) is 11.3 Å². The summed E-state index contributed by atoms with van der Waals surface area (Å²) in [6.45, 7) is 8.43. The van der Waals surface area contributed by atoms with E-state index in [-0.39, 0.29) is 23.8 Å². The van der Waals surface area contributed by atoms with Crippen LogP contribution in [0.25, 0.3) is 0 Å². The lowest BCUT2D eigenvalue weighted by atomic mass is 9.80. The molecular weight excluding hydrogens is 272 g/mol. The molecular formula is C15H28N2O4. The number of aldehydes is 1. The third-order valence-corrected chi connectivity index (χ3v) is 4.43. The summed E-state index contributed by atoms with van der Waals surface area (Å²) in [6, 6.07) is -0.892. The molecule has 0 aromatic carbocycles. The Hall–Kier alpha value is -0.980. The van der Waals surface area contributed by atoms with E-state index < -0.39 is 17.7 Å². The van der Waals surface area contributed by atoms with Crippen LogP contribution in [0.5, 0.6) is 0 Å². The van der Waals surface area contributed by atoms with Gasteiger partial charge in [-0.1, -0.05) is 20.8 Å². The molecule has 0 spiro atoms. The average Bonchev–Trinajstić information content (AvgIpc) is 2.59. The normalized spacial score (nSPS) is 30.8. The number of carboxylic acids is 1. The molecule has 1 saturated carbocycles. The molecule has 4 atom stereocenters. The Kier molecular flexibility index (Phi) is 5.90. The van der Waals surface area contributed by atoms with Crippen LogP contribution in [0.3, 0.4) is 0 Å². The monoisotopic (exact) mass is 300 g/mol. The molecule has 3 unspecified atom stereocenters. The van der Waals surface area contributed by atoms with Gasteiger partial charge in [0, 0.05) is 11.5 Å². The lowest BCUT2D eigenvalue weighted by molar-refractivity contribution is -0.164. The number of hydrogen-bond donors (Lipinski definition) is 3. The van der Waals surface area contributed by atoms with Gasteiger partial charge in [0.2, 0.25) is 0 Å². The van der Waals surface area contributed by atoms with E-state index in [9.17, 15) is 9.59 Å². The summed E-state index contributed by atoms with van der Waals surface area (Å²) < 4.78 is 6.11. The van der Waals surface area contributed by atoms with Crippen LogP contribution in [0.2, 0.25) is 0 Å². The molecule has 6 heteroatoms. The van der Waals surface area contributed by atoms with Crippen LogP contribution in [-0.4, -0.2) is 41.8 Å². The molecule has 0 radical (unpaired) electrons. The van der Waals surface area contributed by atoms with E-state index in [0.29, 0.717) is 12.9 Å². The quantitative estimate of drug-likeness (QED) is 0.459. The van der Waals surface area contributed by atoms with Gasteiger partial charge >= 0.3 is 5.97 Å². The van der Waals surface area contributed by atoms with E-state index in [4.69, 9.17) is 15.6 Å². The van der Waals surface area contributed by atoms with E-state index in [1.165, 1.54) is 0 Å². The van der Waals surface area contributed by atoms with E-state index >= 15 is 0 Å². The van der Waals surface area contributed by atoms with Crippen molar-refractivity contribution < 1.29 is 19.4 Å². The minimum Gasteiger partial charge on any atom is -0.481 e. The van der Waals surface area contributed by atoms with Crippen molar-refractivity contribution in [1.82, 2.24) is 5.32 Å². The second-order valence-corrected chi connectivity index (χ2v) is 6.83. The zero-order valence-electron chi connectivity index (χ0n) is 13.4. The first-order valence-corrected chi connectivity index (χ1v) is 7.49. The number of hydrogen-bond acceptors (Lipinski definition) is 5. The first-order valence-electron chi connectivity index (χ1n) is 7.49. The standard InChI is InChI=1S/C15H28N2O4/c1-10-5-6-14(3,4)15(10,21-9-11(2)16)17-12(8-18)7-13(19)20/h8,10-12,17H,5-7,9,16H2,1-4H3,(H,19,20)/t10?,11?,12-,15?/m0/s1. The van der Waals surface area contributed by atoms with Gasteiger partial charge in [-0.3, -0.25) is 10.1 Å². The number of nitrogens with two attached hydrogens (primary N) is 1. The molecule has 4 N–H and O–H groups in total. The van der Waals surface area contributed by atoms with Gasteiger partial charge < -0.3 is 20.4 Å². The van der Waals surface area contributed by atoms with Gasteiger partial charge in [0.1, 0.15) is 12.0 Å². The van der Waals surface area contributed by atoms with E-state index in [1.807, 2.05) is 6.92 Å². The van der Waals surface area contributed by atoms with Crippen molar-refractivity contribution in [2.45, 2.75) is 64.8 Å². The topological polar surface area (TPSA) is 102 Å². The van der Waals surface area contributed by atoms with Gasteiger partial charge in [0.25, 0.3) is 0 Å². The largest absolute Gasteiger partial charge is 0.481 e. The van der Waals surface area contributed by atoms with Crippen molar-refractivity contribution in [2.75, 3.05) is 6.61 Å². The van der Waals surface area contributed by atoms with E-state index in [1.54, 1.807) is 0 Å². The minimum atomic E-state index is -1.01. The van der Waals surface area contributed by atoms with Gasteiger partial charge in [-0.05, 0) is 25.7 Å². The number of rotatable bonds is 8. The predicted octanol–water partition coefficient (Wildman–Crippen LogP) is 1.13. The number of aliphatic carboxylic acids is 1. The summed E-state index contributed by atoms with van der Waals surface area (Å²) in [5.74, 6) is -0.840. The van der Waals surface area contributed by atoms with Gasteiger partial charge in [0.05, 0.1) is 19.1 Å². The first-order chi connectivity index (χ1) is 9.64. The highest BCUT2D eigenvalue weighted by Crippen LogP contribution is 2.50. The highest BCUT2D eigenvalue weighted by Gasteiger charge is 2.55. The molecule has 0 aliphatic heterocycles. The van der Waals surface area contributed by atoms with Crippen LogP contribution < -0.4 is 11.1 Å². The average molecular weight is 300 g/mol. The number of carbonyl (C=O) groups excluding carboxylic acids is 1. The second kappa shape index (κ2) is 6.85. The SMILES string of the molecule is CC(N)COC1(N[C@H](C=O)CC(=O)O)C(C)CCC1(C)C. The lowest BCUT2D eigenvalue weighted by Gasteiger charge is -2.46. The van der Waals surface area contributed by atoms with Crippen molar-refractivity contribution in [1.29, 1.82) is 0 Å². The number of carboxylic acid groups (broad SMARTS) is 1. The Bertz CT molecular complexity index is 384. The third-order valence-electron chi connectivity index (χ3n) is 4.43. The summed E-state index contributed by atoms with van der Waals surface area (Å²) in [5, 5.41) is 12.1. The molecule has 0 amide bonds. The van der Waals surface area contributed by atoms with Crippen molar-refractivity contribution >= 4 is 12.3 Å². The molecule has 1 aliphatic carbocycles. The fourth-order valence-electron chi connectivity index (χ4n) is 3.21. The Labute approximate surface area is 126 Å². The summed E-state index contributed by atoms with van der Waals surface area (Å²) in [5.41, 5.74) is 4.85. The molecule has 0 saturated heterocycles. The van der Waals surface area contributed by atoms with Gasteiger partial charge in [0.15, 0.2) is 0 Å². The molecule has 1 aliphatic rings. The highest BCUT2D eigenvalue weighted by molar-refractivity contribution is 5.73. The van der Waals surface area contributed by atoms with Crippen molar-refractivity contribution in [3.63, 3.8) is 0 Å². The molecule has 0 heterocycles. The second-order valence-electron chi connectivity index (χ2n) is 6.83.